The predicted octanol–water partition coefficient (Wildman–Crippen LogP) is -1.18. The van der Waals surface area contributed by atoms with Crippen molar-refractivity contribution in [3.63, 3.8) is 0 Å². The van der Waals surface area contributed by atoms with E-state index in [1.807, 2.05) is 0 Å². The zero-order chi connectivity index (χ0) is 5.21. The summed E-state index contributed by atoms with van der Waals surface area (Å²) in [4.78, 5) is 0. The van der Waals surface area contributed by atoms with Crippen molar-refractivity contribution in [3.8, 4) is 0 Å². The molecular weight excluding hydrogens is 173 g/mol. The van der Waals surface area contributed by atoms with E-state index in [0.717, 1.165) is 0 Å². The third-order valence-corrected chi connectivity index (χ3v) is 0.489. The summed E-state index contributed by atoms with van der Waals surface area (Å²) >= 11 is 0. The Kier molecular flexibility index (Phi) is 5.22. The maximum atomic E-state index is 9.31. The van der Waals surface area contributed by atoms with E-state index in [4.69, 9.17) is 9.66 Å². The van der Waals surface area contributed by atoms with Gasteiger partial charge in [0.2, 0.25) is 0 Å². The Balaban J connectivity index is 0. The van der Waals surface area contributed by atoms with Crippen LogP contribution in [0.3, 0.4) is 0 Å². The number of rotatable bonds is 1. The first kappa shape index (κ1) is 10.5. The Hall–Kier alpha value is 0.493. The Morgan fingerprint density at radius 2 is 1.57 bits per heavy atom. The first-order valence-corrected chi connectivity index (χ1v) is 2.73. The smallest absolute Gasteiger partial charge is 0.289 e. The molecule has 0 fully saturated rings. The van der Waals surface area contributed by atoms with Gasteiger partial charge in [0.15, 0.2) is 5.94 Å². The number of aliphatic hydroxyl groups excluding tert-OH is 1. The van der Waals surface area contributed by atoms with E-state index in [2.05, 4.69) is 0 Å². The molecule has 0 saturated carbocycles. The zero-order valence-corrected chi connectivity index (χ0v) is 7.32. The summed E-state index contributed by atoms with van der Waals surface area (Å²) in [5, 5.41) is 7.56. The van der Waals surface area contributed by atoms with E-state index in [1.54, 1.807) is 0 Å². The molecule has 0 rings (SSSR count). The van der Waals surface area contributed by atoms with Crippen molar-refractivity contribution in [1.82, 2.24) is 0 Å². The summed E-state index contributed by atoms with van der Waals surface area (Å²) in [6.45, 7) is 0. The van der Waals surface area contributed by atoms with Gasteiger partial charge in [-0.3, -0.25) is 4.55 Å². The molecule has 4 nitrogen and oxygen atoms in total. The molecular formula is CH4O4SZn. The summed E-state index contributed by atoms with van der Waals surface area (Å²) in [6.07, 6.45) is 0. The molecule has 2 N–H and O–H groups in total. The van der Waals surface area contributed by atoms with Gasteiger partial charge in [-0.15, -0.1) is 0 Å². The van der Waals surface area contributed by atoms with Crippen molar-refractivity contribution >= 4 is 10.1 Å². The Morgan fingerprint density at radius 3 is 1.57 bits per heavy atom. The zero-order valence-electron chi connectivity index (χ0n) is 3.53. The molecule has 0 unspecified atom stereocenters. The molecule has 0 aromatic carbocycles. The van der Waals surface area contributed by atoms with Gasteiger partial charge in [-0.1, -0.05) is 0 Å². The predicted molar refractivity (Wildman–Crippen MR) is 18.6 cm³/mol. The van der Waals surface area contributed by atoms with E-state index in [-0.39, 0.29) is 19.5 Å². The summed E-state index contributed by atoms with van der Waals surface area (Å²) in [5.74, 6) is -1.20. The third kappa shape index (κ3) is 10.7. The quantitative estimate of drug-likeness (QED) is 0.391. The largest absolute Gasteiger partial charge is 0.378 e. The first-order valence-electron chi connectivity index (χ1n) is 1.12. The van der Waals surface area contributed by atoms with E-state index in [9.17, 15) is 8.42 Å². The third-order valence-electron chi connectivity index (χ3n) is 0.163. The maximum Gasteiger partial charge on any atom is 0.289 e. The van der Waals surface area contributed by atoms with Crippen LogP contribution < -0.4 is 0 Å². The second-order valence-corrected chi connectivity index (χ2v) is 2.13. The van der Waals surface area contributed by atoms with Gasteiger partial charge < -0.3 is 5.11 Å². The Bertz CT molecular complexity index is 114. The SMILES string of the molecule is O=S(=O)(O)CO.[Zn]. The molecule has 40 valence electrons. The maximum absolute atomic E-state index is 9.31. The van der Waals surface area contributed by atoms with E-state index < -0.39 is 16.1 Å². The fourth-order valence-electron chi connectivity index (χ4n) is 0. The van der Waals surface area contributed by atoms with Crippen molar-refractivity contribution in [3.05, 3.63) is 0 Å². The molecule has 0 bridgehead atoms. The molecule has 0 aliphatic rings. The van der Waals surface area contributed by atoms with Gasteiger partial charge in [0.05, 0.1) is 0 Å². The average molecular weight is 177 g/mol. The minimum atomic E-state index is -4.11. The molecule has 6 heteroatoms. The Labute approximate surface area is 54.0 Å². The number of aliphatic hydroxyl groups is 1. The van der Waals surface area contributed by atoms with E-state index in [1.165, 1.54) is 0 Å². The van der Waals surface area contributed by atoms with Crippen molar-refractivity contribution in [2.24, 2.45) is 0 Å². The second kappa shape index (κ2) is 3.49. The fourth-order valence-corrected chi connectivity index (χ4v) is 0. The molecule has 0 radical (unpaired) electrons. The molecule has 0 aliphatic heterocycles. The van der Waals surface area contributed by atoms with E-state index in [0.29, 0.717) is 0 Å². The normalized spacial score (nSPS) is 10.0. The molecule has 0 saturated heterocycles. The van der Waals surface area contributed by atoms with Gasteiger partial charge in [-0.25, -0.2) is 0 Å². The van der Waals surface area contributed by atoms with Crippen LogP contribution in [0.15, 0.2) is 0 Å². The van der Waals surface area contributed by atoms with Gasteiger partial charge in [-0.2, -0.15) is 8.42 Å². The van der Waals surface area contributed by atoms with Crippen LogP contribution in [-0.2, 0) is 29.6 Å². The van der Waals surface area contributed by atoms with Crippen LogP contribution in [0.4, 0.5) is 0 Å². The van der Waals surface area contributed by atoms with Crippen LogP contribution in [0, 0.1) is 0 Å². The van der Waals surface area contributed by atoms with Crippen molar-refractivity contribution in [2.75, 3.05) is 5.94 Å². The fraction of sp³-hybridized carbons (Fsp3) is 1.00. The molecule has 7 heavy (non-hydrogen) atoms. The second-order valence-electron chi connectivity index (χ2n) is 0.711. The van der Waals surface area contributed by atoms with Crippen LogP contribution in [0.1, 0.15) is 0 Å². The van der Waals surface area contributed by atoms with Crippen LogP contribution in [0.2, 0.25) is 0 Å². The number of hydrogen-bond donors (Lipinski definition) is 2. The molecule has 0 heterocycles. The van der Waals surface area contributed by atoms with Crippen molar-refractivity contribution < 1.29 is 37.6 Å². The molecule has 0 amide bonds. The molecule has 0 aliphatic carbocycles. The minimum absolute atomic E-state index is 0. The van der Waals surface area contributed by atoms with Gasteiger partial charge in [-0.05, 0) is 0 Å². The van der Waals surface area contributed by atoms with Crippen molar-refractivity contribution in [1.29, 1.82) is 0 Å². The first-order chi connectivity index (χ1) is 2.56. The van der Waals surface area contributed by atoms with Gasteiger partial charge >= 0.3 is 0 Å². The van der Waals surface area contributed by atoms with E-state index >= 15 is 0 Å². The molecule has 0 aromatic heterocycles. The van der Waals surface area contributed by atoms with Crippen LogP contribution in [0.25, 0.3) is 0 Å². The van der Waals surface area contributed by atoms with Crippen molar-refractivity contribution in [2.45, 2.75) is 0 Å². The summed E-state index contributed by atoms with van der Waals surface area (Å²) < 4.78 is 26.2. The van der Waals surface area contributed by atoms with Gasteiger partial charge in [0, 0.05) is 19.5 Å². The van der Waals surface area contributed by atoms with Crippen LogP contribution >= 0.6 is 0 Å². The summed E-state index contributed by atoms with van der Waals surface area (Å²) in [5.41, 5.74) is 0. The topological polar surface area (TPSA) is 74.6 Å². The molecule has 0 atom stereocenters. The summed E-state index contributed by atoms with van der Waals surface area (Å²) in [7, 11) is -4.11. The van der Waals surface area contributed by atoms with Gasteiger partial charge in [0.1, 0.15) is 0 Å². The van der Waals surface area contributed by atoms with Crippen LogP contribution in [-0.4, -0.2) is 24.0 Å². The Morgan fingerprint density at radius 1 is 1.43 bits per heavy atom. The monoisotopic (exact) mass is 176 g/mol. The summed E-state index contributed by atoms with van der Waals surface area (Å²) in [6, 6.07) is 0. The number of hydrogen-bond acceptors (Lipinski definition) is 3. The van der Waals surface area contributed by atoms with Gasteiger partial charge in [0.25, 0.3) is 10.1 Å². The van der Waals surface area contributed by atoms with Crippen LogP contribution in [0.5, 0.6) is 0 Å². The molecule has 0 spiro atoms. The molecule has 0 aromatic rings. The standard InChI is InChI=1S/CH4O4S.Zn/c2-1-6(3,4)5;/h2H,1H2,(H,3,4,5);. The average Bonchev–Trinajstić information content (AvgIpc) is 1.35. The minimum Gasteiger partial charge on any atom is -0.378 e.